The van der Waals surface area contributed by atoms with Crippen molar-refractivity contribution < 1.29 is 9.53 Å². The number of aromatic nitrogens is 1. The molecule has 2 rings (SSSR count). The van der Waals surface area contributed by atoms with Gasteiger partial charge in [-0.05, 0) is 17.5 Å². The van der Waals surface area contributed by atoms with Crippen LogP contribution < -0.4 is 0 Å². The Kier molecular flexibility index (Phi) is 2.23. The predicted molar refractivity (Wildman–Crippen MR) is 52.3 cm³/mol. The molecule has 0 N–H and O–H groups in total. The Morgan fingerprint density at radius 2 is 2.29 bits per heavy atom. The van der Waals surface area contributed by atoms with Gasteiger partial charge in [0.05, 0.1) is 17.9 Å². The van der Waals surface area contributed by atoms with Crippen LogP contribution in [0.5, 0.6) is 0 Å². The van der Waals surface area contributed by atoms with Crippen LogP contribution in [0.3, 0.4) is 0 Å². The van der Waals surface area contributed by atoms with Crippen molar-refractivity contribution in [1.82, 2.24) is 4.98 Å². The average Bonchev–Trinajstić information content (AvgIpc) is 2.17. The van der Waals surface area contributed by atoms with Crippen LogP contribution in [-0.4, -0.2) is 17.6 Å². The highest BCUT2D eigenvalue weighted by molar-refractivity contribution is 5.93. The van der Waals surface area contributed by atoms with E-state index in [4.69, 9.17) is 4.74 Å². The van der Waals surface area contributed by atoms with Gasteiger partial charge in [-0.1, -0.05) is 13.8 Å². The molecule has 74 valence electrons. The van der Waals surface area contributed by atoms with Crippen LogP contribution in [0.1, 0.15) is 41.4 Å². The Hall–Kier alpha value is -1.38. The van der Waals surface area contributed by atoms with Gasteiger partial charge in [-0.3, -0.25) is 4.98 Å². The fourth-order valence-corrected chi connectivity index (χ4v) is 1.73. The van der Waals surface area contributed by atoms with E-state index in [1.165, 1.54) is 0 Å². The third-order valence-electron chi connectivity index (χ3n) is 2.42. The molecule has 0 unspecified atom stereocenters. The summed E-state index contributed by atoms with van der Waals surface area (Å²) in [4.78, 5) is 15.8. The minimum Gasteiger partial charge on any atom is -0.462 e. The van der Waals surface area contributed by atoms with Crippen LogP contribution in [0.2, 0.25) is 0 Å². The first-order chi connectivity index (χ1) is 6.70. The van der Waals surface area contributed by atoms with Crippen molar-refractivity contribution in [1.29, 1.82) is 0 Å². The first-order valence-corrected chi connectivity index (χ1v) is 4.85. The second-order valence-corrected chi connectivity index (χ2v) is 3.77. The van der Waals surface area contributed by atoms with Gasteiger partial charge >= 0.3 is 5.97 Å². The summed E-state index contributed by atoms with van der Waals surface area (Å²) in [6.45, 7) is 4.56. The number of carbonyl (C=O) groups is 1. The molecule has 0 saturated carbocycles. The third-order valence-corrected chi connectivity index (χ3v) is 2.42. The lowest BCUT2D eigenvalue weighted by molar-refractivity contribution is 0.0477. The summed E-state index contributed by atoms with van der Waals surface area (Å²) < 4.78 is 5.02. The van der Waals surface area contributed by atoms with Crippen molar-refractivity contribution in [2.24, 2.45) is 0 Å². The molecule has 0 fully saturated rings. The maximum absolute atomic E-state index is 11.5. The summed E-state index contributed by atoms with van der Waals surface area (Å²) in [5.74, 6) is 0.0404. The van der Waals surface area contributed by atoms with E-state index in [2.05, 4.69) is 4.98 Å². The number of cyclic esters (lactones) is 1. The Morgan fingerprint density at radius 3 is 3.00 bits per heavy atom. The van der Waals surface area contributed by atoms with Gasteiger partial charge in [0.1, 0.15) is 0 Å². The van der Waals surface area contributed by atoms with E-state index in [-0.39, 0.29) is 11.9 Å². The Balaban J connectivity index is 2.57. The van der Waals surface area contributed by atoms with Crippen molar-refractivity contribution in [3.63, 3.8) is 0 Å². The molecule has 0 spiro atoms. The number of hydrogen-bond donors (Lipinski definition) is 0. The van der Waals surface area contributed by atoms with Gasteiger partial charge in [0.25, 0.3) is 0 Å². The molecule has 3 nitrogen and oxygen atoms in total. The molecule has 0 bridgehead atoms. The van der Waals surface area contributed by atoms with Gasteiger partial charge in [-0.25, -0.2) is 4.79 Å². The minimum absolute atomic E-state index is 0.219. The van der Waals surface area contributed by atoms with Gasteiger partial charge in [-0.2, -0.15) is 0 Å². The fraction of sp³-hybridized carbons (Fsp3) is 0.455. The van der Waals surface area contributed by atoms with Gasteiger partial charge in [0, 0.05) is 12.6 Å². The van der Waals surface area contributed by atoms with E-state index >= 15 is 0 Å². The molecule has 0 saturated heterocycles. The maximum Gasteiger partial charge on any atom is 0.340 e. The normalized spacial score (nSPS) is 15.2. The molecule has 14 heavy (non-hydrogen) atoms. The SMILES string of the molecule is CC(C)c1nccc2c1C(=O)OCC2. The van der Waals surface area contributed by atoms with Crippen molar-refractivity contribution in [3.05, 3.63) is 29.1 Å². The van der Waals surface area contributed by atoms with Crippen LogP contribution in [0.25, 0.3) is 0 Å². The van der Waals surface area contributed by atoms with Gasteiger partial charge < -0.3 is 4.74 Å². The number of carbonyl (C=O) groups excluding carboxylic acids is 1. The number of fused-ring (bicyclic) bond motifs is 1. The number of nitrogens with zero attached hydrogens (tertiary/aromatic N) is 1. The standard InChI is InChI=1S/C11H13NO2/c1-7(2)10-9-8(3-5-12-10)4-6-14-11(9)13/h3,5,7H,4,6H2,1-2H3. The predicted octanol–water partition coefficient (Wildman–Crippen LogP) is 1.92. The van der Waals surface area contributed by atoms with Crippen LogP contribution in [0.15, 0.2) is 12.3 Å². The molecular formula is C11H13NO2. The molecule has 2 heterocycles. The minimum atomic E-state index is -0.219. The molecule has 0 radical (unpaired) electrons. The Morgan fingerprint density at radius 1 is 1.50 bits per heavy atom. The number of pyridine rings is 1. The summed E-state index contributed by atoms with van der Waals surface area (Å²) in [5.41, 5.74) is 2.61. The third kappa shape index (κ3) is 1.39. The molecule has 0 amide bonds. The average molecular weight is 191 g/mol. The highest BCUT2D eigenvalue weighted by Crippen LogP contribution is 2.24. The van der Waals surface area contributed by atoms with Gasteiger partial charge in [-0.15, -0.1) is 0 Å². The first-order valence-electron chi connectivity index (χ1n) is 4.85. The van der Waals surface area contributed by atoms with E-state index in [0.717, 1.165) is 17.7 Å². The molecular weight excluding hydrogens is 178 g/mol. The molecule has 0 atom stereocenters. The van der Waals surface area contributed by atoms with Crippen molar-refractivity contribution in [3.8, 4) is 0 Å². The van der Waals surface area contributed by atoms with E-state index in [1.54, 1.807) is 6.20 Å². The van der Waals surface area contributed by atoms with Crippen molar-refractivity contribution in [2.45, 2.75) is 26.2 Å². The molecule has 1 aromatic rings. The topological polar surface area (TPSA) is 39.2 Å². The molecule has 1 aliphatic rings. The van der Waals surface area contributed by atoms with Crippen LogP contribution in [0, 0.1) is 0 Å². The summed E-state index contributed by atoms with van der Waals surface area (Å²) in [7, 11) is 0. The number of hydrogen-bond acceptors (Lipinski definition) is 3. The molecule has 0 aliphatic carbocycles. The lowest BCUT2D eigenvalue weighted by atomic mass is 9.96. The fourth-order valence-electron chi connectivity index (χ4n) is 1.73. The number of esters is 1. The zero-order valence-electron chi connectivity index (χ0n) is 8.41. The number of rotatable bonds is 1. The van der Waals surface area contributed by atoms with E-state index in [9.17, 15) is 4.79 Å². The van der Waals surface area contributed by atoms with E-state index in [1.807, 2.05) is 19.9 Å². The lowest BCUT2D eigenvalue weighted by Crippen LogP contribution is -2.21. The first kappa shape index (κ1) is 9.19. The smallest absolute Gasteiger partial charge is 0.340 e. The Bertz CT molecular complexity index is 372. The number of ether oxygens (including phenoxy) is 1. The molecule has 1 aliphatic heterocycles. The summed E-state index contributed by atoms with van der Waals surface area (Å²) >= 11 is 0. The maximum atomic E-state index is 11.5. The van der Waals surface area contributed by atoms with Gasteiger partial charge in [0.15, 0.2) is 0 Å². The van der Waals surface area contributed by atoms with E-state index < -0.39 is 0 Å². The largest absolute Gasteiger partial charge is 0.462 e. The zero-order chi connectivity index (χ0) is 10.1. The van der Waals surface area contributed by atoms with Crippen LogP contribution >= 0.6 is 0 Å². The van der Waals surface area contributed by atoms with Gasteiger partial charge in [0.2, 0.25) is 0 Å². The lowest BCUT2D eigenvalue weighted by Gasteiger charge is -2.19. The summed E-state index contributed by atoms with van der Waals surface area (Å²) in [6, 6.07) is 1.90. The molecule has 3 heteroatoms. The Labute approximate surface area is 83.1 Å². The second-order valence-electron chi connectivity index (χ2n) is 3.77. The van der Waals surface area contributed by atoms with Crippen LogP contribution in [0.4, 0.5) is 0 Å². The van der Waals surface area contributed by atoms with E-state index in [0.29, 0.717) is 12.2 Å². The monoisotopic (exact) mass is 191 g/mol. The summed E-state index contributed by atoms with van der Waals surface area (Å²) in [6.07, 6.45) is 2.58. The highest BCUT2D eigenvalue weighted by atomic mass is 16.5. The van der Waals surface area contributed by atoms with Crippen LogP contribution in [-0.2, 0) is 11.2 Å². The summed E-state index contributed by atoms with van der Waals surface area (Å²) in [5, 5.41) is 0. The quantitative estimate of drug-likeness (QED) is 0.636. The van der Waals surface area contributed by atoms with Crippen molar-refractivity contribution >= 4 is 5.97 Å². The second kappa shape index (κ2) is 3.40. The van der Waals surface area contributed by atoms with Crippen molar-refractivity contribution in [2.75, 3.05) is 6.61 Å². The highest BCUT2D eigenvalue weighted by Gasteiger charge is 2.23. The zero-order valence-corrected chi connectivity index (χ0v) is 8.41. The molecule has 1 aromatic heterocycles. The molecule has 0 aromatic carbocycles.